The Morgan fingerprint density at radius 3 is 2.73 bits per heavy atom. The number of aliphatic hydroxyl groups excluding tert-OH is 1. The number of aryl methyl sites for hydroxylation is 1. The molecule has 1 aromatic heterocycles. The molecule has 2 aromatic rings. The van der Waals surface area contributed by atoms with Gasteiger partial charge in [0.15, 0.2) is 4.34 Å². The minimum atomic E-state index is -1.06. The highest BCUT2D eigenvalue weighted by molar-refractivity contribution is 8.03. The van der Waals surface area contributed by atoms with Crippen molar-refractivity contribution < 1.29 is 19.4 Å². The highest BCUT2D eigenvalue weighted by atomic mass is 35.5. The summed E-state index contributed by atoms with van der Waals surface area (Å²) >= 11 is 9.23. The predicted octanol–water partition coefficient (Wildman–Crippen LogP) is 6.30. The van der Waals surface area contributed by atoms with E-state index in [0.717, 1.165) is 35.6 Å². The van der Waals surface area contributed by atoms with Crippen LogP contribution in [0.15, 0.2) is 34.1 Å². The molecule has 0 radical (unpaired) electrons. The van der Waals surface area contributed by atoms with E-state index in [1.54, 1.807) is 13.1 Å². The molecular weight excluding hydrogens is 478 g/mol. The van der Waals surface area contributed by atoms with Gasteiger partial charge in [0, 0.05) is 18.0 Å². The molecule has 0 amide bonds. The zero-order valence-corrected chi connectivity index (χ0v) is 21.8. The lowest BCUT2D eigenvalue weighted by Gasteiger charge is -2.49. The number of thioether (sulfide) groups is 1. The van der Waals surface area contributed by atoms with Crippen LogP contribution < -0.4 is 4.74 Å². The molecule has 1 N–H and O–H groups in total. The van der Waals surface area contributed by atoms with Gasteiger partial charge in [-0.1, -0.05) is 42.3 Å². The molecule has 0 bridgehead atoms. The summed E-state index contributed by atoms with van der Waals surface area (Å²) in [5, 5.41) is 13.7. The minimum Gasteiger partial charge on any atom is -0.489 e. The topological polar surface area (TPSA) is 68.7 Å². The van der Waals surface area contributed by atoms with Crippen molar-refractivity contribution in [2.24, 2.45) is 5.92 Å². The van der Waals surface area contributed by atoms with E-state index < -0.39 is 16.5 Å². The first kappa shape index (κ1) is 24.8. The molecule has 33 heavy (non-hydrogen) atoms. The van der Waals surface area contributed by atoms with Gasteiger partial charge >= 0.3 is 5.97 Å². The number of aliphatic hydroxyl groups is 1. The van der Waals surface area contributed by atoms with Crippen LogP contribution >= 0.6 is 34.7 Å². The zero-order chi connectivity index (χ0) is 23.6. The number of nitrogens with zero attached hydrogens (tertiary/aromatic N) is 1. The molecule has 1 aliphatic heterocycles. The maximum atomic E-state index is 13.4. The second-order valence-corrected chi connectivity index (χ2v) is 12.6. The Labute approximate surface area is 209 Å². The standard InChI is InChI=1S/C25H32ClNO4S2/c1-16(2)30-20-9-8-17(14-19(20)26)10-11-25(18-6-4-5-7-18)15-21(28)24(3,22(29)31-25)33-23-27-12-13-32-23/h8-9,12-14,16,18,21,28H,4-7,10-11,15H2,1-3H3. The van der Waals surface area contributed by atoms with Crippen molar-refractivity contribution in [3.05, 3.63) is 40.4 Å². The summed E-state index contributed by atoms with van der Waals surface area (Å²) in [6, 6.07) is 5.87. The molecular formula is C25H32ClNO4S2. The molecule has 1 aliphatic carbocycles. The van der Waals surface area contributed by atoms with Gasteiger partial charge in [-0.2, -0.15) is 0 Å². The van der Waals surface area contributed by atoms with E-state index in [1.807, 2.05) is 37.4 Å². The third kappa shape index (κ3) is 5.37. The van der Waals surface area contributed by atoms with Crippen molar-refractivity contribution in [1.82, 2.24) is 4.98 Å². The lowest BCUT2D eigenvalue weighted by molar-refractivity contribution is -0.192. The van der Waals surface area contributed by atoms with Crippen LogP contribution in [0.1, 0.15) is 64.9 Å². The highest BCUT2D eigenvalue weighted by Crippen LogP contribution is 2.51. The van der Waals surface area contributed by atoms with Crippen molar-refractivity contribution in [3.8, 4) is 5.75 Å². The molecule has 1 saturated heterocycles. The van der Waals surface area contributed by atoms with Crippen molar-refractivity contribution >= 4 is 40.7 Å². The number of hydrogen-bond donors (Lipinski definition) is 1. The van der Waals surface area contributed by atoms with Crippen LogP contribution in [0.2, 0.25) is 5.02 Å². The molecule has 2 aliphatic rings. The number of carbonyl (C=O) groups excluding carboxylic acids is 1. The average molecular weight is 510 g/mol. The Balaban J connectivity index is 1.53. The van der Waals surface area contributed by atoms with Crippen molar-refractivity contribution in [2.45, 2.75) is 92.6 Å². The monoisotopic (exact) mass is 509 g/mol. The molecule has 180 valence electrons. The average Bonchev–Trinajstić information content (AvgIpc) is 3.47. The third-order valence-electron chi connectivity index (χ3n) is 6.88. The fourth-order valence-electron chi connectivity index (χ4n) is 5.00. The number of cyclic esters (lactones) is 1. The SMILES string of the molecule is CC(C)Oc1ccc(CCC2(C3CCCC3)CC(O)C(C)(Sc3nccs3)C(=O)O2)cc1Cl. The van der Waals surface area contributed by atoms with E-state index in [0.29, 0.717) is 30.0 Å². The van der Waals surface area contributed by atoms with Crippen LogP contribution in [0, 0.1) is 5.92 Å². The molecule has 5 nitrogen and oxygen atoms in total. The molecule has 0 spiro atoms. The first-order valence-corrected chi connectivity index (χ1v) is 13.7. The molecule has 2 heterocycles. The second-order valence-electron chi connectivity index (χ2n) is 9.59. The summed E-state index contributed by atoms with van der Waals surface area (Å²) < 4.78 is 11.8. The Bertz CT molecular complexity index is 963. The molecule has 3 unspecified atom stereocenters. The lowest BCUT2D eigenvalue weighted by atomic mass is 9.73. The van der Waals surface area contributed by atoms with Gasteiger partial charge in [0.1, 0.15) is 16.1 Å². The van der Waals surface area contributed by atoms with E-state index in [1.165, 1.54) is 23.1 Å². The van der Waals surface area contributed by atoms with Crippen molar-refractivity contribution in [2.75, 3.05) is 0 Å². The predicted molar refractivity (Wildman–Crippen MR) is 133 cm³/mol. The molecule has 2 fully saturated rings. The Morgan fingerprint density at radius 2 is 2.12 bits per heavy atom. The number of rotatable bonds is 8. The van der Waals surface area contributed by atoms with Crippen LogP contribution in [0.5, 0.6) is 5.75 Å². The number of hydrogen-bond acceptors (Lipinski definition) is 7. The Kier molecular flexibility index (Phi) is 7.63. The number of carbonyl (C=O) groups is 1. The second kappa shape index (κ2) is 10.1. The fourth-order valence-corrected chi connectivity index (χ4v) is 7.31. The molecule has 4 rings (SSSR count). The maximum absolute atomic E-state index is 13.4. The van der Waals surface area contributed by atoms with Gasteiger partial charge in [-0.05, 0) is 70.1 Å². The molecule has 1 saturated carbocycles. The minimum absolute atomic E-state index is 0.0543. The van der Waals surface area contributed by atoms with Crippen LogP contribution in [0.4, 0.5) is 0 Å². The van der Waals surface area contributed by atoms with Gasteiger partial charge < -0.3 is 14.6 Å². The lowest BCUT2D eigenvalue weighted by Crippen LogP contribution is -2.60. The smallest absolute Gasteiger partial charge is 0.325 e. The Morgan fingerprint density at radius 1 is 1.36 bits per heavy atom. The number of benzene rings is 1. The van der Waals surface area contributed by atoms with E-state index in [4.69, 9.17) is 21.1 Å². The van der Waals surface area contributed by atoms with E-state index in [2.05, 4.69) is 4.98 Å². The summed E-state index contributed by atoms with van der Waals surface area (Å²) in [5.41, 5.74) is 0.416. The van der Waals surface area contributed by atoms with Gasteiger partial charge in [0.25, 0.3) is 0 Å². The number of aromatic nitrogens is 1. The van der Waals surface area contributed by atoms with Crippen LogP contribution in [-0.4, -0.2) is 38.6 Å². The zero-order valence-electron chi connectivity index (χ0n) is 19.4. The summed E-state index contributed by atoms with van der Waals surface area (Å²) in [7, 11) is 0. The third-order valence-corrected chi connectivity index (χ3v) is 9.42. The molecule has 3 atom stereocenters. The first-order chi connectivity index (χ1) is 15.7. The van der Waals surface area contributed by atoms with E-state index in [-0.39, 0.29) is 18.0 Å². The van der Waals surface area contributed by atoms with Crippen LogP contribution in [0.25, 0.3) is 0 Å². The Hall–Kier alpha value is -1.28. The van der Waals surface area contributed by atoms with Gasteiger partial charge in [0.2, 0.25) is 0 Å². The number of thiazole rings is 1. The molecule has 1 aromatic carbocycles. The van der Waals surface area contributed by atoms with Crippen LogP contribution in [-0.2, 0) is 16.0 Å². The summed E-state index contributed by atoms with van der Waals surface area (Å²) in [4.78, 5) is 17.7. The van der Waals surface area contributed by atoms with E-state index >= 15 is 0 Å². The largest absolute Gasteiger partial charge is 0.489 e. The van der Waals surface area contributed by atoms with Crippen LogP contribution in [0.3, 0.4) is 0 Å². The van der Waals surface area contributed by atoms with Gasteiger partial charge in [-0.15, -0.1) is 11.3 Å². The quantitative estimate of drug-likeness (QED) is 0.421. The summed E-state index contributed by atoms with van der Waals surface area (Å²) in [5.74, 6) is 0.604. The van der Waals surface area contributed by atoms with Gasteiger partial charge in [-0.25, -0.2) is 4.98 Å². The first-order valence-electron chi connectivity index (χ1n) is 11.7. The highest BCUT2D eigenvalue weighted by Gasteiger charge is 2.57. The van der Waals surface area contributed by atoms with Crippen molar-refractivity contribution in [3.63, 3.8) is 0 Å². The van der Waals surface area contributed by atoms with E-state index in [9.17, 15) is 9.90 Å². The van der Waals surface area contributed by atoms with Gasteiger partial charge in [0.05, 0.1) is 17.2 Å². The summed E-state index contributed by atoms with van der Waals surface area (Å²) in [6.45, 7) is 5.72. The summed E-state index contributed by atoms with van der Waals surface area (Å²) in [6.07, 6.45) is 7.11. The normalized spacial score (nSPS) is 28.3. The van der Waals surface area contributed by atoms with Gasteiger partial charge in [-0.3, -0.25) is 4.79 Å². The van der Waals surface area contributed by atoms with Crippen molar-refractivity contribution in [1.29, 1.82) is 0 Å². The number of esters is 1. The number of halogens is 1. The maximum Gasteiger partial charge on any atom is 0.325 e. The molecule has 8 heteroatoms. The number of ether oxygens (including phenoxy) is 2. The fraction of sp³-hybridized carbons (Fsp3) is 0.600.